The molecule has 1 fully saturated rings. The van der Waals surface area contributed by atoms with E-state index >= 15 is 0 Å². The summed E-state index contributed by atoms with van der Waals surface area (Å²) in [4.78, 5) is 4.11. The Bertz CT molecular complexity index is 660. The molecule has 1 aliphatic rings. The minimum atomic E-state index is -0.599. The fourth-order valence-corrected chi connectivity index (χ4v) is 2.46. The second-order valence-corrected chi connectivity index (χ2v) is 5.24. The normalized spacial score (nSPS) is 21.7. The molecule has 0 spiro atoms. The quantitative estimate of drug-likeness (QED) is 0.845. The topological polar surface area (TPSA) is 70.3 Å². The van der Waals surface area contributed by atoms with E-state index in [4.69, 9.17) is 13.9 Å². The Morgan fingerprint density at radius 2 is 2.27 bits per heavy atom. The number of hydrogen-bond donors (Lipinski definition) is 0. The summed E-state index contributed by atoms with van der Waals surface area (Å²) in [6.45, 7) is 5.64. The van der Waals surface area contributed by atoms with Gasteiger partial charge in [0.05, 0.1) is 13.2 Å². The highest BCUT2D eigenvalue weighted by molar-refractivity contribution is 5.67. The van der Waals surface area contributed by atoms with Crippen LogP contribution in [0.3, 0.4) is 0 Å². The molecule has 22 heavy (non-hydrogen) atoms. The van der Waals surface area contributed by atoms with Crippen molar-refractivity contribution in [3.05, 3.63) is 41.4 Å². The van der Waals surface area contributed by atoms with Gasteiger partial charge in [0.15, 0.2) is 5.60 Å². The van der Waals surface area contributed by atoms with Crippen molar-refractivity contribution in [2.24, 2.45) is 0 Å². The van der Waals surface area contributed by atoms with Crippen molar-refractivity contribution in [1.82, 2.24) is 15.2 Å². The van der Waals surface area contributed by atoms with Gasteiger partial charge < -0.3 is 13.9 Å². The summed E-state index contributed by atoms with van der Waals surface area (Å²) in [7, 11) is 0. The zero-order valence-corrected chi connectivity index (χ0v) is 12.8. The molecule has 0 saturated carbocycles. The van der Waals surface area contributed by atoms with Gasteiger partial charge in [0.2, 0.25) is 5.89 Å². The summed E-state index contributed by atoms with van der Waals surface area (Å²) < 4.78 is 17.0. The lowest BCUT2D eigenvalue weighted by Gasteiger charge is -2.22. The van der Waals surface area contributed by atoms with Crippen molar-refractivity contribution in [3.8, 4) is 0 Å². The molecular weight excluding hydrogens is 282 g/mol. The molecular formula is C16H19N3O3. The Kier molecular flexibility index (Phi) is 4.31. The summed E-state index contributed by atoms with van der Waals surface area (Å²) in [6.07, 6.45) is 8.00. The lowest BCUT2D eigenvalue weighted by Crippen LogP contribution is -2.30. The molecule has 6 heteroatoms. The van der Waals surface area contributed by atoms with Crippen LogP contribution >= 0.6 is 0 Å². The van der Waals surface area contributed by atoms with Crippen molar-refractivity contribution in [2.45, 2.75) is 25.9 Å². The van der Waals surface area contributed by atoms with Crippen LogP contribution in [-0.2, 0) is 15.1 Å². The van der Waals surface area contributed by atoms with Crippen LogP contribution in [0.2, 0.25) is 0 Å². The van der Waals surface area contributed by atoms with E-state index in [1.54, 1.807) is 18.5 Å². The molecule has 6 nitrogen and oxygen atoms in total. The number of ether oxygens (including phenoxy) is 2. The van der Waals surface area contributed by atoms with Crippen LogP contribution in [0, 0.1) is 6.92 Å². The molecule has 3 rings (SSSR count). The summed E-state index contributed by atoms with van der Waals surface area (Å²) >= 11 is 0. The van der Waals surface area contributed by atoms with Crippen LogP contribution in [0.4, 0.5) is 0 Å². The molecule has 1 unspecified atom stereocenters. The van der Waals surface area contributed by atoms with Crippen molar-refractivity contribution in [2.75, 3.05) is 19.8 Å². The van der Waals surface area contributed by atoms with Gasteiger partial charge in [0.25, 0.3) is 5.89 Å². The zero-order valence-electron chi connectivity index (χ0n) is 12.8. The molecule has 0 radical (unpaired) electrons. The Morgan fingerprint density at radius 1 is 1.36 bits per heavy atom. The molecule has 116 valence electrons. The highest BCUT2D eigenvalue weighted by Crippen LogP contribution is 2.33. The molecule has 0 aliphatic carbocycles. The van der Waals surface area contributed by atoms with Crippen LogP contribution in [0.15, 0.2) is 22.9 Å². The minimum Gasteiger partial charge on any atom is -0.418 e. The fraction of sp³-hybridized carbons (Fsp3) is 0.438. The predicted octanol–water partition coefficient (Wildman–Crippen LogP) is 2.60. The van der Waals surface area contributed by atoms with Gasteiger partial charge in [-0.05, 0) is 37.1 Å². The van der Waals surface area contributed by atoms with Crippen LogP contribution in [0.1, 0.15) is 36.3 Å². The van der Waals surface area contributed by atoms with E-state index in [9.17, 15) is 0 Å². The molecule has 0 N–H and O–H groups in total. The van der Waals surface area contributed by atoms with E-state index in [1.165, 1.54) is 0 Å². The van der Waals surface area contributed by atoms with E-state index < -0.39 is 5.60 Å². The van der Waals surface area contributed by atoms with E-state index in [0.717, 1.165) is 17.5 Å². The van der Waals surface area contributed by atoms with E-state index in [-0.39, 0.29) is 0 Å². The van der Waals surface area contributed by atoms with Crippen LogP contribution in [0.25, 0.3) is 12.2 Å². The van der Waals surface area contributed by atoms with E-state index in [1.807, 2.05) is 26.0 Å². The molecule has 0 aromatic carbocycles. The molecule has 0 amide bonds. The van der Waals surface area contributed by atoms with Gasteiger partial charge >= 0.3 is 0 Å². The standard InChI is InChI=1S/C16H19N3O3/c1-3-21-16(7-9-20-11-16)15-19-18-14(22-15)5-4-13-10-17-8-6-12(13)2/h4-6,8,10H,3,7,9,11H2,1-2H3. The third kappa shape index (κ3) is 2.93. The monoisotopic (exact) mass is 301 g/mol. The lowest BCUT2D eigenvalue weighted by molar-refractivity contribution is -0.0661. The van der Waals surface area contributed by atoms with Gasteiger partial charge in [0, 0.05) is 31.5 Å². The average Bonchev–Trinajstić information content (AvgIpc) is 3.17. The number of aromatic nitrogens is 3. The first-order chi connectivity index (χ1) is 10.7. The number of hydrogen-bond acceptors (Lipinski definition) is 6. The third-order valence-electron chi connectivity index (χ3n) is 3.72. The summed E-state index contributed by atoms with van der Waals surface area (Å²) in [5, 5.41) is 8.21. The molecule has 2 aromatic rings. The van der Waals surface area contributed by atoms with Gasteiger partial charge in [-0.15, -0.1) is 10.2 Å². The van der Waals surface area contributed by atoms with Gasteiger partial charge in [-0.2, -0.15) is 0 Å². The van der Waals surface area contributed by atoms with Gasteiger partial charge in [-0.3, -0.25) is 4.98 Å². The first-order valence-electron chi connectivity index (χ1n) is 7.38. The third-order valence-corrected chi connectivity index (χ3v) is 3.72. The zero-order chi connectivity index (χ0) is 15.4. The number of rotatable bonds is 5. The van der Waals surface area contributed by atoms with Crippen LogP contribution in [0.5, 0.6) is 0 Å². The summed E-state index contributed by atoms with van der Waals surface area (Å²) in [6, 6.07) is 1.96. The van der Waals surface area contributed by atoms with Crippen molar-refractivity contribution in [3.63, 3.8) is 0 Å². The molecule has 1 saturated heterocycles. The average molecular weight is 301 g/mol. The van der Waals surface area contributed by atoms with Crippen molar-refractivity contribution < 1.29 is 13.9 Å². The van der Waals surface area contributed by atoms with Crippen molar-refractivity contribution in [1.29, 1.82) is 0 Å². The second kappa shape index (κ2) is 6.37. The minimum absolute atomic E-state index is 0.448. The number of nitrogens with zero attached hydrogens (tertiary/aromatic N) is 3. The molecule has 1 aliphatic heterocycles. The number of pyridine rings is 1. The maximum absolute atomic E-state index is 5.82. The highest BCUT2D eigenvalue weighted by Gasteiger charge is 2.42. The fourth-order valence-electron chi connectivity index (χ4n) is 2.46. The first-order valence-corrected chi connectivity index (χ1v) is 7.38. The molecule has 0 bridgehead atoms. The first kappa shape index (κ1) is 14.9. The summed E-state index contributed by atoms with van der Waals surface area (Å²) in [5.41, 5.74) is 1.56. The molecule has 1 atom stereocenters. The van der Waals surface area contributed by atoms with Gasteiger partial charge in [-0.25, -0.2) is 0 Å². The molecule has 3 heterocycles. The highest BCUT2D eigenvalue weighted by atomic mass is 16.6. The Balaban J connectivity index is 1.80. The van der Waals surface area contributed by atoms with Crippen molar-refractivity contribution >= 4 is 12.2 Å². The van der Waals surface area contributed by atoms with Gasteiger partial charge in [-0.1, -0.05) is 0 Å². The largest absolute Gasteiger partial charge is 0.418 e. The smallest absolute Gasteiger partial charge is 0.251 e. The second-order valence-electron chi connectivity index (χ2n) is 5.24. The number of aryl methyl sites for hydroxylation is 1. The Hall–Kier alpha value is -2.05. The maximum Gasteiger partial charge on any atom is 0.251 e. The Morgan fingerprint density at radius 3 is 3.00 bits per heavy atom. The molecule has 2 aromatic heterocycles. The van der Waals surface area contributed by atoms with Crippen LogP contribution < -0.4 is 0 Å². The lowest BCUT2D eigenvalue weighted by atomic mass is 10.0. The Labute approximate surface area is 129 Å². The predicted molar refractivity (Wildman–Crippen MR) is 80.9 cm³/mol. The van der Waals surface area contributed by atoms with E-state index in [0.29, 0.717) is 31.6 Å². The SMILES string of the molecule is CCOC1(c2nnc(C=Cc3cnccc3C)o2)CCOC1. The van der Waals surface area contributed by atoms with E-state index in [2.05, 4.69) is 15.2 Å². The van der Waals surface area contributed by atoms with Gasteiger partial charge in [0.1, 0.15) is 0 Å². The maximum atomic E-state index is 5.82. The van der Waals surface area contributed by atoms with Crippen LogP contribution in [-0.4, -0.2) is 35.0 Å². The summed E-state index contributed by atoms with van der Waals surface area (Å²) in [5.74, 6) is 0.929.